The lowest BCUT2D eigenvalue weighted by molar-refractivity contribution is -0.139. The van der Waals surface area contributed by atoms with Gasteiger partial charge in [-0.25, -0.2) is 0 Å². The summed E-state index contributed by atoms with van der Waals surface area (Å²) in [5.74, 6) is 0.558. The maximum Gasteiger partial charge on any atom is 0.309 e. The molecule has 1 aliphatic rings. The molecule has 0 saturated carbocycles. The molecule has 0 spiro atoms. The van der Waals surface area contributed by atoms with Gasteiger partial charge in [-0.15, -0.1) is 0 Å². The van der Waals surface area contributed by atoms with Crippen LogP contribution in [0, 0.1) is 5.92 Å². The standard InChI is InChI=1S/C17H23NO2/c1-20-17(19)11-15-9-5-6-10-16(15)13-18-12-14-7-3-2-4-8-14/h2-3,5-6,9-10,14,18H,4,7-8,11-13H2,1H3. The second-order valence-corrected chi connectivity index (χ2v) is 5.30. The minimum atomic E-state index is -0.185. The molecule has 1 aromatic rings. The maximum absolute atomic E-state index is 11.4. The zero-order valence-electron chi connectivity index (χ0n) is 12.1. The van der Waals surface area contributed by atoms with E-state index in [1.807, 2.05) is 18.2 Å². The van der Waals surface area contributed by atoms with Gasteiger partial charge in [-0.3, -0.25) is 4.79 Å². The van der Waals surface area contributed by atoms with Gasteiger partial charge in [0.25, 0.3) is 0 Å². The SMILES string of the molecule is COC(=O)Cc1ccccc1CNCC1CC=CCC1. The average Bonchev–Trinajstić information content (AvgIpc) is 2.50. The van der Waals surface area contributed by atoms with Crippen molar-refractivity contribution in [3.63, 3.8) is 0 Å². The number of benzene rings is 1. The van der Waals surface area contributed by atoms with Crippen molar-refractivity contribution in [2.45, 2.75) is 32.2 Å². The summed E-state index contributed by atoms with van der Waals surface area (Å²) >= 11 is 0. The Labute approximate surface area is 121 Å². The van der Waals surface area contributed by atoms with Crippen LogP contribution in [0.15, 0.2) is 36.4 Å². The fourth-order valence-corrected chi connectivity index (χ4v) is 2.58. The number of rotatable bonds is 6. The van der Waals surface area contributed by atoms with Crippen molar-refractivity contribution < 1.29 is 9.53 Å². The minimum absolute atomic E-state index is 0.185. The smallest absolute Gasteiger partial charge is 0.309 e. The van der Waals surface area contributed by atoms with E-state index in [2.05, 4.69) is 23.5 Å². The molecule has 0 saturated heterocycles. The molecule has 0 fully saturated rings. The van der Waals surface area contributed by atoms with Crippen LogP contribution >= 0.6 is 0 Å². The molecule has 0 heterocycles. The van der Waals surface area contributed by atoms with Crippen molar-refractivity contribution in [1.29, 1.82) is 0 Å². The van der Waals surface area contributed by atoms with Crippen LogP contribution in [0.3, 0.4) is 0 Å². The van der Waals surface area contributed by atoms with Crippen molar-refractivity contribution >= 4 is 5.97 Å². The van der Waals surface area contributed by atoms with E-state index in [1.54, 1.807) is 0 Å². The van der Waals surface area contributed by atoms with Gasteiger partial charge in [0.2, 0.25) is 0 Å². The van der Waals surface area contributed by atoms with Gasteiger partial charge in [-0.05, 0) is 42.9 Å². The van der Waals surface area contributed by atoms with Gasteiger partial charge < -0.3 is 10.1 Å². The normalized spacial score (nSPS) is 17.9. The Morgan fingerprint density at radius 3 is 2.80 bits per heavy atom. The summed E-state index contributed by atoms with van der Waals surface area (Å²) < 4.78 is 4.74. The number of methoxy groups -OCH3 is 1. The van der Waals surface area contributed by atoms with Crippen LogP contribution in [-0.2, 0) is 22.5 Å². The molecule has 1 aliphatic carbocycles. The predicted molar refractivity (Wildman–Crippen MR) is 80.3 cm³/mol. The van der Waals surface area contributed by atoms with Crippen LogP contribution in [0.1, 0.15) is 30.4 Å². The zero-order chi connectivity index (χ0) is 14.2. The lowest BCUT2D eigenvalue weighted by Gasteiger charge is -2.18. The van der Waals surface area contributed by atoms with E-state index in [9.17, 15) is 4.79 Å². The summed E-state index contributed by atoms with van der Waals surface area (Å²) in [6.07, 6.45) is 8.54. The number of carbonyl (C=O) groups is 1. The highest BCUT2D eigenvalue weighted by Gasteiger charge is 2.10. The summed E-state index contributed by atoms with van der Waals surface area (Å²) in [5, 5.41) is 3.52. The Balaban J connectivity index is 1.85. The van der Waals surface area contributed by atoms with Crippen LogP contribution in [-0.4, -0.2) is 19.6 Å². The molecule has 0 aromatic heterocycles. The first-order chi connectivity index (χ1) is 9.79. The van der Waals surface area contributed by atoms with E-state index in [0.29, 0.717) is 6.42 Å². The van der Waals surface area contributed by atoms with Crippen LogP contribution < -0.4 is 5.32 Å². The van der Waals surface area contributed by atoms with E-state index in [0.717, 1.165) is 24.6 Å². The van der Waals surface area contributed by atoms with E-state index < -0.39 is 0 Å². The van der Waals surface area contributed by atoms with Crippen LogP contribution in [0.2, 0.25) is 0 Å². The summed E-state index contributed by atoms with van der Waals surface area (Å²) in [6.45, 7) is 1.85. The Hall–Kier alpha value is -1.61. The first-order valence-corrected chi connectivity index (χ1v) is 7.29. The molecule has 2 rings (SSSR count). The van der Waals surface area contributed by atoms with Gasteiger partial charge in [0.05, 0.1) is 13.5 Å². The Bertz CT molecular complexity index is 468. The summed E-state index contributed by atoms with van der Waals surface area (Å²) in [7, 11) is 1.43. The van der Waals surface area contributed by atoms with E-state index in [-0.39, 0.29) is 5.97 Å². The first-order valence-electron chi connectivity index (χ1n) is 7.29. The van der Waals surface area contributed by atoms with Gasteiger partial charge in [0, 0.05) is 6.54 Å². The highest BCUT2D eigenvalue weighted by Crippen LogP contribution is 2.17. The second kappa shape index (κ2) is 7.85. The number of ether oxygens (including phenoxy) is 1. The summed E-state index contributed by atoms with van der Waals surface area (Å²) in [6, 6.07) is 8.05. The molecule has 0 bridgehead atoms. The number of hydrogen-bond acceptors (Lipinski definition) is 3. The van der Waals surface area contributed by atoms with E-state index in [4.69, 9.17) is 4.74 Å². The Morgan fingerprint density at radius 2 is 2.10 bits per heavy atom. The summed E-state index contributed by atoms with van der Waals surface area (Å²) in [4.78, 5) is 11.4. The fraction of sp³-hybridized carbons (Fsp3) is 0.471. The Morgan fingerprint density at radius 1 is 1.30 bits per heavy atom. The average molecular weight is 273 g/mol. The fourth-order valence-electron chi connectivity index (χ4n) is 2.58. The Kier molecular flexibility index (Phi) is 5.81. The molecule has 20 heavy (non-hydrogen) atoms. The molecule has 0 radical (unpaired) electrons. The van der Waals surface area contributed by atoms with Gasteiger partial charge >= 0.3 is 5.97 Å². The van der Waals surface area contributed by atoms with Crippen molar-refractivity contribution in [2.24, 2.45) is 5.92 Å². The lowest BCUT2D eigenvalue weighted by atomic mass is 9.94. The molecule has 1 aromatic carbocycles. The molecule has 0 aliphatic heterocycles. The highest BCUT2D eigenvalue weighted by atomic mass is 16.5. The van der Waals surface area contributed by atoms with Crippen LogP contribution in [0.25, 0.3) is 0 Å². The molecule has 3 heteroatoms. The van der Waals surface area contributed by atoms with Gasteiger partial charge in [0.15, 0.2) is 0 Å². The predicted octanol–water partition coefficient (Wildman–Crippen LogP) is 2.85. The van der Waals surface area contributed by atoms with Crippen molar-refractivity contribution in [3.8, 4) is 0 Å². The largest absolute Gasteiger partial charge is 0.469 e. The molecule has 0 amide bonds. The molecular formula is C17H23NO2. The topological polar surface area (TPSA) is 38.3 Å². The molecule has 1 unspecified atom stereocenters. The maximum atomic E-state index is 11.4. The zero-order valence-corrected chi connectivity index (χ0v) is 12.1. The second-order valence-electron chi connectivity index (χ2n) is 5.30. The van der Waals surface area contributed by atoms with Crippen molar-refractivity contribution in [3.05, 3.63) is 47.5 Å². The number of nitrogens with one attached hydrogen (secondary N) is 1. The third-order valence-electron chi connectivity index (χ3n) is 3.81. The number of allylic oxidation sites excluding steroid dienone is 2. The molecular weight excluding hydrogens is 250 g/mol. The highest BCUT2D eigenvalue weighted by molar-refractivity contribution is 5.72. The monoisotopic (exact) mass is 273 g/mol. The van der Waals surface area contributed by atoms with Gasteiger partial charge in [-0.2, -0.15) is 0 Å². The quantitative estimate of drug-likeness (QED) is 0.640. The minimum Gasteiger partial charge on any atom is -0.469 e. The van der Waals surface area contributed by atoms with E-state index >= 15 is 0 Å². The number of hydrogen-bond donors (Lipinski definition) is 1. The summed E-state index contributed by atoms with van der Waals surface area (Å²) in [5.41, 5.74) is 2.24. The third-order valence-corrected chi connectivity index (χ3v) is 3.81. The first kappa shape index (κ1) is 14.8. The molecule has 108 valence electrons. The van der Waals surface area contributed by atoms with Crippen LogP contribution in [0.5, 0.6) is 0 Å². The molecule has 3 nitrogen and oxygen atoms in total. The third kappa shape index (κ3) is 4.49. The van der Waals surface area contributed by atoms with E-state index in [1.165, 1.54) is 31.9 Å². The van der Waals surface area contributed by atoms with Crippen molar-refractivity contribution in [2.75, 3.05) is 13.7 Å². The van der Waals surface area contributed by atoms with Gasteiger partial charge in [0.1, 0.15) is 0 Å². The number of esters is 1. The van der Waals surface area contributed by atoms with Crippen molar-refractivity contribution in [1.82, 2.24) is 5.32 Å². The molecule has 1 N–H and O–H groups in total. The van der Waals surface area contributed by atoms with Gasteiger partial charge in [-0.1, -0.05) is 36.4 Å². The number of carbonyl (C=O) groups excluding carboxylic acids is 1. The molecule has 1 atom stereocenters. The van der Waals surface area contributed by atoms with Crippen LogP contribution in [0.4, 0.5) is 0 Å². The lowest BCUT2D eigenvalue weighted by Crippen LogP contribution is -2.23.